The third kappa shape index (κ3) is 3.06. The van der Waals surface area contributed by atoms with E-state index in [2.05, 4.69) is 15.1 Å². The molecule has 1 fully saturated rings. The minimum Gasteiger partial charge on any atom is -0.325 e. The lowest BCUT2D eigenvalue weighted by Gasteiger charge is -2.31. The summed E-state index contributed by atoms with van der Waals surface area (Å²) >= 11 is 0. The van der Waals surface area contributed by atoms with E-state index in [1.165, 1.54) is 17.4 Å². The van der Waals surface area contributed by atoms with Gasteiger partial charge in [0.05, 0.1) is 6.54 Å². The minimum atomic E-state index is -4.43. The molecule has 1 saturated carbocycles. The van der Waals surface area contributed by atoms with Crippen molar-refractivity contribution in [3.63, 3.8) is 0 Å². The Kier molecular flexibility index (Phi) is 3.69. The fourth-order valence-corrected chi connectivity index (χ4v) is 3.32. The predicted octanol–water partition coefficient (Wildman–Crippen LogP) is 1.77. The van der Waals surface area contributed by atoms with Crippen molar-refractivity contribution in [3.8, 4) is 0 Å². The molecule has 21 heavy (non-hydrogen) atoms. The number of hydrogen-bond donors (Lipinski definition) is 1. The highest BCUT2D eigenvalue weighted by Gasteiger charge is 2.39. The fourth-order valence-electron chi connectivity index (χ4n) is 3.32. The van der Waals surface area contributed by atoms with Crippen LogP contribution < -0.4 is 5.73 Å². The maximum Gasteiger partial charge on any atom is 0.451 e. The van der Waals surface area contributed by atoms with Gasteiger partial charge in [-0.15, -0.1) is 10.2 Å². The number of alkyl halides is 3. The number of nitrogens with zero attached hydrogens (tertiary/aromatic N) is 4. The lowest BCUT2D eigenvalue weighted by molar-refractivity contribution is -0.148. The number of nitrogens with two attached hydrogens (primary N) is 1. The molecule has 2 heterocycles. The van der Waals surface area contributed by atoms with E-state index in [9.17, 15) is 13.2 Å². The number of rotatable bonds is 3. The second-order valence-electron chi connectivity index (χ2n) is 6.18. The van der Waals surface area contributed by atoms with Gasteiger partial charge in [-0.2, -0.15) is 13.2 Å². The van der Waals surface area contributed by atoms with E-state index >= 15 is 0 Å². The van der Waals surface area contributed by atoms with Crippen molar-refractivity contribution in [2.45, 2.75) is 56.9 Å². The molecule has 0 radical (unpaired) electrons. The first-order chi connectivity index (χ1) is 9.87. The second kappa shape index (κ2) is 5.24. The molecule has 1 aliphatic carbocycles. The zero-order chi connectivity index (χ0) is 15.1. The molecular formula is C13H20F3N5. The van der Waals surface area contributed by atoms with Gasteiger partial charge in [0, 0.05) is 25.2 Å². The van der Waals surface area contributed by atoms with Crippen LogP contribution in [0, 0.1) is 0 Å². The summed E-state index contributed by atoms with van der Waals surface area (Å²) < 4.78 is 39.5. The molecule has 0 aromatic carbocycles. The molecule has 1 aromatic heterocycles. The van der Waals surface area contributed by atoms with E-state index in [0.29, 0.717) is 18.9 Å². The molecule has 2 aliphatic rings. The molecule has 0 atom stereocenters. The third-order valence-electron chi connectivity index (χ3n) is 4.61. The average Bonchev–Trinajstić information content (AvgIpc) is 3.02. The Morgan fingerprint density at radius 2 is 1.86 bits per heavy atom. The highest BCUT2D eigenvalue weighted by atomic mass is 19.4. The monoisotopic (exact) mass is 303 g/mol. The van der Waals surface area contributed by atoms with Crippen LogP contribution in [-0.2, 0) is 19.3 Å². The Balaban J connectivity index is 1.62. The molecule has 0 spiro atoms. The number of hydrogen-bond acceptors (Lipinski definition) is 4. The standard InChI is InChI=1S/C13H20F3N5/c14-13(15,16)11-19-18-10-9-20(7-8-21(10)11)6-5-12(17)3-1-2-4-12/h1-9,17H2. The summed E-state index contributed by atoms with van der Waals surface area (Å²) in [7, 11) is 0. The molecule has 1 aromatic rings. The van der Waals surface area contributed by atoms with Crippen LogP contribution in [0.2, 0.25) is 0 Å². The summed E-state index contributed by atoms with van der Waals surface area (Å²) in [4.78, 5) is 2.12. The summed E-state index contributed by atoms with van der Waals surface area (Å²) in [5.41, 5.74) is 6.24. The topological polar surface area (TPSA) is 60.0 Å². The van der Waals surface area contributed by atoms with Crippen molar-refractivity contribution in [2.24, 2.45) is 5.73 Å². The van der Waals surface area contributed by atoms with E-state index in [0.717, 1.165) is 25.8 Å². The van der Waals surface area contributed by atoms with E-state index in [4.69, 9.17) is 5.73 Å². The summed E-state index contributed by atoms with van der Waals surface area (Å²) in [6.07, 6.45) is 0.926. The van der Waals surface area contributed by atoms with Crippen molar-refractivity contribution in [2.75, 3.05) is 13.1 Å². The van der Waals surface area contributed by atoms with Crippen LogP contribution in [0.1, 0.15) is 43.8 Å². The zero-order valence-electron chi connectivity index (χ0n) is 11.9. The van der Waals surface area contributed by atoms with E-state index < -0.39 is 12.0 Å². The maximum atomic E-state index is 12.8. The normalized spacial score (nSPS) is 22.5. The van der Waals surface area contributed by atoms with E-state index in [1.807, 2.05) is 0 Å². The first kappa shape index (κ1) is 14.8. The fraction of sp³-hybridized carbons (Fsp3) is 0.846. The first-order valence-electron chi connectivity index (χ1n) is 7.38. The smallest absolute Gasteiger partial charge is 0.325 e. The maximum absolute atomic E-state index is 12.8. The lowest BCUT2D eigenvalue weighted by Crippen LogP contribution is -2.42. The van der Waals surface area contributed by atoms with Gasteiger partial charge in [-0.3, -0.25) is 4.90 Å². The molecule has 2 N–H and O–H groups in total. The minimum absolute atomic E-state index is 0.0811. The zero-order valence-corrected chi connectivity index (χ0v) is 11.9. The Bertz CT molecular complexity index is 504. The molecule has 0 unspecified atom stereocenters. The molecule has 5 nitrogen and oxygen atoms in total. The van der Waals surface area contributed by atoms with Gasteiger partial charge in [-0.1, -0.05) is 12.8 Å². The van der Waals surface area contributed by atoms with Crippen molar-refractivity contribution >= 4 is 0 Å². The Labute approximate surface area is 121 Å². The van der Waals surface area contributed by atoms with Gasteiger partial charge < -0.3 is 10.3 Å². The van der Waals surface area contributed by atoms with Gasteiger partial charge in [0.25, 0.3) is 0 Å². The Morgan fingerprint density at radius 1 is 1.14 bits per heavy atom. The van der Waals surface area contributed by atoms with Crippen LogP contribution in [-0.4, -0.2) is 38.3 Å². The summed E-state index contributed by atoms with van der Waals surface area (Å²) in [5.74, 6) is -0.491. The van der Waals surface area contributed by atoms with Crippen LogP contribution >= 0.6 is 0 Å². The van der Waals surface area contributed by atoms with E-state index in [-0.39, 0.29) is 12.1 Å². The number of aromatic nitrogens is 3. The van der Waals surface area contributed by atoms with Gasteiger partial charge in [0.1, 0.15) is 5.82 Å². The molecule has 0 amide bonds. The molecule has 3 rings (SSSR count). The Hall–Kier alpha value is -1.15. The molecule has 0 saturated heterocycles. The van der Waals surface area contributed by atoms with Crippen molar-refractivity contribution in [1.29, 1.82) is 0 Å². The van der Waals surface area contributed by atoms with Crippen molar-refractivity contribution in [1.82, 2.24) is 19.7 Å². The molecular weight excluding hydrogens is 283 g/mol. The van der Waals surface area contributed by atoms with E-state index in [1.54, 1.807) is 0 Å². The molecule has 1 aliphatic heterocycles. The van der Waals surface area contributed by atoms with Crippen LogP contribution in [0.4, 0.5) is 13.2 Å². The van der Waals surface area contributed by atoms with Crippen molar-refractivity contribution < 1.29 is 13.2 Å². The number of halogens is 3. The predicted molar refractivity (Wildman–Crippen MR) is 70.3 cm³/mol. The Morgan fingerprint density at radius 3 is 2.52 bits per heavy atom. The highest BCUT2D eigenvalue weighted by molar-refractivity contribution is 5.02. The summed E-state index contributed by atoms with van der Waals surface area (Å²) in [5, 5.41) is 6.98. The van der Waals surface area contributed by atoms with Gasteiger partial charge in [0.15, 0.2) is 0 Å². The van der Waals surface area contributed by atoms with Crippen LogP contribution in [0.25, 0.3) is 0 Å². The molecule has 8 heteroatoms. The largest absolute Gasteiger partial charge is 0.451 e. The quantitative estimate of drug-likeness (QED) is 0.924. The van der Waals surface area contributed by atoms with Crippen LogP contribution in [0.5, 0.6) is 0 Å². The molecule has 118 valence electrons. The lowest BCUT2D eigenvalue weighted by atomic mass is 9.94. The van der Waals surface area contributed by atoms with Gasteiger partial charge >= 0.3 is 6.18 Å². The van der Waals surface area contributed by atoms with Crippen LogP contribution in [0.15, 0.2) is 0 Å². The highest BCUT2D eigenvalue weighted by Crippen LogP contribution is 2.31. The van der Waals surface area contributed by atoms with Crippen LogP contribution in [0.3, 0.4) is 0 Å². The summed E-state index contributed by atoms with van der Waals surface area (Å²) in [6, 6.07) is 0. The molecule has 0 bridgehead atoms. The summed E-state index contributed by atoms with van der Waals surface area (Å²) in [6.45, 7) is 2.10. The van der Waals surface area contributed by atoms with Crippen molar-refractivity contribution in [3.05, 3.63) is 11.6 Å². The third-order valence-corrected chi connectivity index (χ3v) is 4.61. The number of fused-ring (bicyclic) bond motifs is 1. The van der Waals surface area contributed by atoms with Gasteiger partial charge in [-0.25, -0.2) is 0 Å². The average molecular weight is 303 g/mol. The van der Waals surface area contributed by atoms with Gasteiger partial charge in [-0.05, 0) is 19.3 Å². The van der Waals surface area contributed by atoms with Gasteiger partial charge in [0.2, 0.25) is 5.82 Å². The SMILES string of the molecule is NC1(CCN2CCn3c(nnc3C(F)(F)F)C2)CCCC1. The second-order valence-corrected chi connectivity index (χ2v) is 6.18. The first-order valence-corrected chi connectivity index (χ1v) is 7.38.